The molecule has 0 bridgehead atoms. The molecule has 0 saturated heterocycles. The fourth-order valence-electron chi connectivity index (χ4n) is 3.98. The summed E-state index contributed by atoms with van der Waals surface area (Å²) in [5.41, 5.74) is 34.2. The highest BCUT2D eigenvalue weighted by atomic mass is 14.8. The Hall–Kier alpha value is -3.28. The molecule has 0 heterocycles. The Kier molecular flexibility index (Phi) is 9.57. The number of hydrogen-bond donors (Lipinski definition) is 4. The summed E-state index contributed by atoms with van der Waals surface area (Å²) in [6.07, 6.45) is 0. The SMILES string of the molecule is Cc1ccc(C(N)C(N)c2ccc(C)cc2)cc1.Cc1ccc([C@H](N)[C@@H](N)c2ccc(C)cc2)cc1. The lowest BCUT2D eigenvalue weighted by atomic mass is 9.94. The molecule has 4 aromatic carbocycles. The van der Waals surface area contributed by atoms with E-state index in [1.165, 1.54) is 22.3 Å². The predicted molar refractivity (Wildman–Crippen MR) is 152 cm³/mol. The van der Waals surface area contributed by atoms with Crippen LogP contribution in [-0.4, -0.2) is 0 Å². The zero-order valence-electron chi connectivity index (χ0n) is 21.9. The lowest BCUT2D eigenvalue weighted by Gasteiger charge is -2.21. The van der Waals surface area contributed by atoms with E-state index in [4.69, 9.17) is 22.9 Å². The minimum absolute atomic E-state index is 0.173. The van der Waals surface area contributed by atoms with Gasteiger partial charge in [0.1, 0.15) is 0 Å². The van der Waals surface area contributed by atoms with Crippen LogP contribution in [0.25, 0.3) is 0 Å². The van der Waals surface area contributed by atoms with Crippen molar-refractivity contribution in [3.05, 3.63) is 142 Å². The first-order valence-corrected chi connectivity index (χ1v) is 12.4. The zero-order valence-corrected chi connectivity index (χ0v) is 21.9. The second kappa shape index (κ2) is 12.6. The second-order valence-corrected chi connectivity index (χ2v) is 9.75. The Labute approximate surface area is 216 Å². The average molecular weight is 481 g/mol. The smallest absolute Gasteiger partial charge is 0.0491 e. The van der Waals surface area contributed by atoms with Gasteiger partial charge in [0, 0.05) is 24.2 Å². The topological polar surface area (TPSA) is 104 Å². The van der Waals surface area contributed by atoms with E-state index in [2.05, 4.69) is 76.2 Å². The van der Waals surface area contributed by atoms with E-state index in [-0.39, 0.29) is 24.2 Å². The molecule has 0 radical (unpaired) electrons. The summed E-state index contributed by atoms with van der Waals surface area (Å²) in [6.45, 7) is 8.26. The summed E-state index contributed by atoms with van der Waals surface area (Å²) in [5, 5.41) is 0. The predicted octanol–water partition coefficient (Wildman–Crippen LogP) is 6.01. The highest BCUT2D eigenvalue weighted by Gasteiger charge is 2.18. The van der Waals surface area contributed by atoms with E-state index in [1.54, 1.807) is 0 Å². The van der Waals surface area contributed by atoms with Crippen molar-refractivity contribution in [3.8, 4) is 0 Å². The molecule has 4 nitrogen and oxygen atoms in total. The molecule has 0 aliphatic carbocycles. The van der Waals surface area contributed by atoms with Crippen molar-refractivity contribution >= 4 is 0 Å². The summed E-state index contributed by atoms with van der Waals surface area (Å²) in [6, 6.07) is 32.2. The third-order valence-corrected chi connectivity index (χ3v) is 6.62. The van der Waals surface area contributed by atoms with Crippen molar-refractivity contribution in [3.63, 3.8) is 0 Å². The van der Waals surface area contributed by atoms with Gasteiger partial charge in [-0.25, -0.2) is 0 Å². The molecule has 2 unspecified atom stereocenters. The molecule has 0 aliphatic rings. The molecule has 0 aliphatic heterocycles. The first-order valence-electron chi connectivity index (χ1n) is 12.4. The van der Waals surface area contributed by atoms with Crippen molar-refractivity contribution in [1.29, 1.82) is 0 Å². The van der Waals surface area contributed by atoms with Gasteiger partial charge < -0.3 is 22.9 Å². The highest BCUT2D eigenvalue weighted by molar-refractivity contribution is 5.31. The van der Waals surface area contributed by atoms with Gasteiger partial charge in [0.25, 0.3) is 0 Å². The van der Waals surface area contributed by atoms with E-state index in [1.807, 2.05) is 48.5 Å². The van der Waals surface area contributed by atoms with Gasteiger partial charge in [-0.15, -0.1) is 0 Å². The van der Waals surface area contributed by atoms with Gasteiger partial charge in [-0.2, -0.15) is 0 Å². The zero-order chi connectivity index (χ0) is 26.2. The van der Waals surface area contributed by atoms with Gasteiger partial charge in [0.05, 0.1) is 0 Å². The number of aryl methyl sites for hydroxylation is 4. The average Bonchev–Trinajstić information content (AvgIpc) is 2.89. The summed E-state index contributed by atoms with van der Waals surface area (Å²) in [5.74, 6) is 0. The standard InChI is InChI=1S/2C16H20N2/c2*1-11-3-7-13(8-4-11)15(17)16(18)14-9-5-12(2)6-10-14/h2*3-10,15-16H,17-18H2,1-2H3/t15-,16-;/m0./s1. The Balaban J connectivity index is 0.000000201. The lowest BCUT2D eigenvalue weighted by Crippen LogP contribution is -2.26. The van der Waals surface area contributed by atoms with Crippen molar-refractivity contribution < 1.29 is 0 Å². The molecule has 0 fully saturated rings. The maximum Gasteiger partial charge on any atom is 0.0491 e. The van der Waals surface area contributed by atoms with Crippen LogP contribution in [0.15, 0.2) is 97.1 Å². The molecule has 8 N–H and O–H groups in total. The van der Waals surface area contributed by atoms with Crippen LogP contribution in [0.4, 0.5) is 0 Å². The normalized spacial score (nSPS) is 14.2. The molecule has 0 saturated carbocycles. The van der Waals surface area contributed by atoms with Crippen LogP contribution in [0.1, 0.15) is 68.7 Å². The Morgan fingerprint density at radius 1 is 0.306 bits per heavy atom. The van der Waals surface area contributed by atoms with Crippen LogP contribution >= 0.6 is 0 Å². The van der Waals surface area contributed by atoms with Crippen molar-refractivity contribution in [2.45, 2.75) is 51.9 Å². The molecule has 4 rings (SSSR count). The van der Waals surface area contributed by atoms with E-state index < -0.39 is 0 Å². The molecule has 36 heavy (non-hydrogen) atoms. The maximum absolute atomic E-state index is 6.23. The molecule has 0 amide bonds. The van der Waals surface area contributed by atoms with Crippen LogP contribution in [0.2, 0.25) is 0 Å². The molecule has 0 spiro atoms. The van der Waals surface area contributed by atoms with E-state index >= 15 is 0 Å². The highest BCUT2D eigenvalue weighted by Crippen LogP contribution is 2.26. The van der Waals surface area contributed by atoms with Gasteiger partial charge in [0.15, 0.2) is 0 Å². The van der Waals surface area contributed by atoms with E-state index in [0.717, 1.165) is 22.3 Å². The molecular weight excluding hydrogens is 440 g/mol. The van der Waals surface area contributed by atoms with Crippen LogP contribution < -0.4 is 22.9 Å². The molecule has 4 atom stereocenters. The fraction of sp³-hybridized carbons (Fsp3) is 0.250. The number of nitrogens with two attached hydrogens (primary N) is 4. The minimum Gasteiger partial charge on any atom is -0.322 e. The summed E-state index contributed by atoms with van der Waals surface area (Å²) < 4.78 is 0. The molecule has 4 aromatic rings. The number of hydrogen-bond acceptors (Lipinski definition) is 4. The lowest BCUT2D eigenvalue weighted by molar-refractivity contribution is 0.574. The fourth-order valence-corrected chi connectivity index (χ4v) is 3.98. The maximum atomic E-state index is 6.23. The van der Waals surface area contributed by atoms with Crippen LogP contribution in [0, 0.1) is 27.7 Å². The quantitative estimate of drug-likeness (QED) is 0.271. The molecule has 4 heteroatoms. The minimum atomic E-state index is -0.173. The third kappa shape index (κ3) is 7.36. The Morgan fingerprint density at radius 3 is 0.583 bits per heavy atom. The molecule has 0 aromatic heterocycles. The van der Waals surface area contributed by atoms with Gasteiger partial charge >= 0.3 is 0 Å². The van der Waals surface area contributed by atoms with Crippen molar-refractivity contribution in [1.82, 2.24) is 0 Å². The van der Waals surface area contributed by atoms with Crippen molar-refractivity contribution in [2.24, 2.45) is 22.9 Å². The van der Waals surface area contributed by atoms with E-state index in [9.17, 15) is 0 Å². The summed E-state index contributed by atoms with van der Waals surface area (Å²) >= 11 is 0. The summed E-state index contributed by atoms with van der Waals surface area (Å²) in [7, 11) is 0. The monoisotopic (exact) mass is 480 g/mol. The van der Waals surface area contributed by atoms with Crippen LogP contribution in [-0.2, 0) is 0 Å². The van der Waals surface area contributed by atoms with Gasteiger partial charge in [0.2, 0.25) is 0 Å². The van der Waals surface area contributed by atoms with Crippen LogP contribution in [0.5, 0.6) is 0 Å². The Morgan fingerprint density at radius 2 is 0.444 bits per heavy atom. The number of rotatable bonds is 6. The first-order chi connectivity index (χ1) is 17.2. The van der Waals surface area contributed by atoms with Crippen molar-refractivity contribution in [2.75, 3.05) is 0 Å². The van der Waals surface area contributed by atoms with Gasteiger partial charge in [-0.1, -0.05) is 119 Å². The first kappa shape index (κ1) is 27.3. The Bertz CT molecular complexity index is 999. The largest absolute Gasteiger partial charge is 0.322 e. The molecular formula is C32H40N4. The van der Waals surface area contributed by atoms with Crippen LogP contribution in [0.3, 0.4) is 0 Å². The summed E-state index contributed by atoms with van der Waals surface area (Å²) in [4.78, 5) is 0. The van der Waals surface area contributed by atoms with Gasteiger partial charge in [-0.3, -0.25) is 0 Å². The number of benzene rings is 4. The van der Waals surface area contributed by atoms with E-state index in [0.29, 0.717) is 0 Å². The molecule has 188 valence electrons. The van der Waals surface area contributed by atoms with Gasteiger partial charge in [-0.05, 0) is 49.9 Å². The third-order valence-electron chi connectivity index (χ3n) is 6.62. The second-order valence-electron chi connectivity index (χ2n) is 9.75.